The third kappa shape index (κ3) is 4.51. The van der Waals surface area contributed by atoms with Gasteiger partial charge in [-0.2, -0.15) is 0 Å². The molecule has 6 nitrogen and oxygen atoms in total. The zero-order valence-corrected chi connectivity index (χ0v) is 18.3. The van der Waals surface area contributed by atoms with E-state index in [9.17, 15) is 4.79 Å². The van der Waals surface area contributed by atoms with Crippen LogP contribution in [0.15, 0.2) is 53.7 Å². The molecule has 1 aliphatic rings. The second-order valence-corrected chi connectivity index (χ2v) is 8.39. The Morgan fingerprint density at radius 3 is 2.50 bits per heavy atom. The first-order valence-corrected chi connectivity index (χ1v) is 11.4. The van der Waals surface area contributed by atoms with Crippen LogP contribution in [0.3, 0.4) is 0 Å². The Labute approximate surface area is 181 Å². The average molecular weight is 422 g/mol. The zero-order valence-electron chi connectivity index (χ0n) is 17.5. The van der Waals surface area contributed by atoms with E-state index in [0.29, 0.717) is 5.75 Å². The largest absolute Gasteiger partial charge is 0.372 e. The molecule has 30 heavy (non-hydrogen) atoms. The van der Waals surface area contributed by atoms with Crippen molar-refractivity contribution in [3.8, 4) is 11.4 Å². The molecule has 4 rings (SSSR count). The highest BCUT2D eigenvalue weighted by atomic mass is 32.2. The molecular weight excluding hydrogens is 394 g/mol. The highest BCUT2D eigenvalue weighted by Gasteiger charge is 2.16. The zero-order chi connectivity index (χ0) is 20.9. The number of amides is 1. The van der Waals surface area contributed by atoms with Crippen molar-refractivity contribution < 1.29 is 4.79 Å². The van der Waals surface area contributed by atoms with Gasteiger partial charge < -0.3 is 14.8 Å². The first-order valence-electron chi connectivity index (χ1n) is 10.4. The van der Waals surface area contributed by atoms with E-state index in [1.807, 2.05) is 24.3 Å². The topological polar surface area (TPSA) is 63.1 Å². The number of benzene rings is 2. The van der Waals surface area contributed by atoms with Crippen LogP contribution >= 0.6 is 11.8 Å². The first-order chi connectivity index (χ1) is 14.7. The van der Waals surface area contributed by atoms with Gasteiger partial charge >= 0.3 is 0 Å². The lowest BCUT2D eigenvalue weighted by Gasteiger charge is -2.17. The van der Waals surface area contributed by atoms with Crippen molar-refractivity contribution in [2.45, 2.75) is 38.4 Å². The molecule has 2 heterocycles. The van der Waals surface area contributed by atoms with Gasteiger partial charge in [0.1, 0.15) is 0 Å². The molecule has 1 N–H and O–H groups in total. The van der Waals surface area contributed by atoms with Crippen LogP contribution in [0.1, 0.15) is 25.3 Å². The number of carbonyl (C=O) groups excluding carboxylic acids is 1. The van der Waals surface area contributed by atoms with E-state index in [0.717, 1.165) is 47.4 Å². The van der Waals surface area contributed by atoms with E-state index >= 15 is 0 Å². The van der Waals surface area contributed by atoms with Gasteiger partial charge in [0.15, 0.2) is 11.0 Å². The van der Waals surface area contributed by atoms with Crippen LogP contribution in [-0.2, 0) is 11.3 Å². The number of carbonyl (C=O) groups is 1. The predicted molar refractivity (Wildman–Crippen MR) is 123 cm³/mol. The molecule has 0 aliphatic carbocycles. The van der Waals surface area contributed by atoms with Crippen LogP contribution in [0.25, 0.3) is 11.4 Å². The third-order valence-corrected chi connectivity index (χ3v) is 6.34. The quantitative estimate of drug-likeness (QED) is 0.565. The maximum Gasteiger partial charge on any atom is 0.234 e. The molecule has 2 aromatic carbocycles. The molecule has 0 bridgehead atoms. The summed E-state index contributed by atoms with van der Waals surface area (Å²) in [7, 11) is 0. The van der Waals surface area contributed by atoms with Crippen molar-refractivity contribution in [1.29, 1.82) is 0 Å². The summed E-state index contributed by atoms with van der Waals surface area (Å²) < 4.78 is 2.06. The van der Waals surface area contributed by atoms with Crippen LogP contribution in [-0.4, -0.2) is 39.5 Å². The van der Waals surface area contributed by atoms with Gasteiger partial charge in [0.2, 0.25) is 5.91 Å². The van der Waals surface area contributed by atoms with Gasteiger partial charge in [-0.25, -0.2) is 0 Å². The van der Waals surface area contributed by atoms with Gasteiger partial charge in [-0.05, 0) is 56.5 Å². The summed E-state index contributed by atoms with van der Waals surface area (Å²) in [6, 6.07) is 16.3. The lowest BCUT2D eigenvalue weighted by Crippen LogP contribution is -2.18. The van der Waals surface area contributed by atoms with E-state index in [-0.39, 0.29) is 5.91 Å². The molecular formula is C23H27N5OS. The van der Waals surface area contributed by atoms with Crippen molar-refractivity contribution in [3.05, 3.63) is 54.1 Å². The Bertz CT molecular complexity index is 1010. The Morgan fingerprint density at radius 1 is 1.07 bits per heavy atom. The maximum absolute atomic E-state index is 12.5. The Morgan fingerprint density at radius 2 is 1.80 bits per heavy atom. The van der Waals surface area contributed by atoms with Crippen LogP contribution in [0.4, 0.5) is 11.4 Å². The summed E-state index contributed by atoms with van der Waals surface area (Å²) in [6.07, 6.45) is 2.51. The third-order valence-electron chi connectivity index (χ3n) is 5.37. The minimum Gasteiger partial charge on any atom is -0.372 e. The van der Waals surface area contributed by atoms with Crippen molar-refractivity contribution in [2.75, 3.05) is 29.1 Å². The molecule has 1 saturated heterocycles. The highest BCUT2D eigenvalue weighted by Crippen LogP contribution is 2.26. The normalized spacial score (nSPS) is 13.6. The average Bonchev–Trinajstić information content (AvgIpc) is 3.43. The maximum atomic E-state index is 12.5. The van der Waals surface area contributed by atoms with Gasteiger partial charge in [0, 0.05) is 36.6 Å². The second kappa shape index (κ2) is 9.34. The molecule has 1 amide bonds. The minimum absolute atomic E-state index is 0.0444. The van der Waals surface area contributed by atoms with Crippen molar-refractivity contribution >= 4 is 29.0 Å². The Balaban J connectivity index is 1.37. The summed E-state index contributed by atoms with van der Waals surface area (Å²) >= 11 is 1.41. The molecule has 156 valence electrons. The van der Waals surface area contributed by atoms with E-state index < -0.39 is 0 Å². The second-order valence-electron chi connectivity index (χ2n) is 7.44. The van der Waals surface area contributed by atoms with Crippen molar-refractivity contribution in [3.63, 3.8) is 0 Å². The number of nitrogens with one attached hydrogen (secondary N) is 1. The fourth-order valence-corrected chi connectivity index (χ4v) is 4.56. The molecule has 0 saturated carbocycles. The first kappa shape index (κ1) is 20.5. The fourth-order valence-electron chi connectivity index (χ4n) is 3.76. The van der Waals surface area contributed by atoms with Gasteiger partial charge in [0.05, 0.1) is 5.75 Å². The number of aromatic nitrogens is 3. The standard InChI is InChI=1S/C23H27N5OS/c1-3-28-22(20-9-5-4-8-17(20)2)25-26-23(28)30-16-21(29)24-18-10-12-19(13-11-18)27-14-6-7-15-27/h4-5,8-13H,3,6-7,14-16H2,1-2H3,(H,24,29). The number of hydrogen-bond donors (Lipinski definition) is 1. The van der Waals surface area contributed by atoms with E-state index in [1.165, 1.54) is 30.3 Å². The van der Waals surface area contributed by atoms with Crippen LogP contribution in [0.2, 0.25) is 0 Å². The molecule has 0 unspecified atom stereocenters. The Hall–Kier alpha value is -2.80. The summed E-state index contributed by atoms with van der Waals surface area (Å²) in [6.45, 7) is 7.12. The summed E-state index contributed by atoms with van der Waals surface area (Å²) in [5.41, 5.74) is 4.27. The monoisotopic (exact) mass is 421 g/mol. The summed E-state index contributed by atoms with van der Waals surface area (Å²) in [5, 5.41) is 12.5. The van der Waals surface area contributed by atoms with Gasteiger partial charge in [-0.15, -0.1) is 10.2 Å². The van der Waals surface area contributed by atoms with Crippen LogP contribution in [0.5, 0.6) is 0 Å². The van der Waals surface area contributed by atoms with Gasteiger partial charge in [-0.1, -0.05) is 36.0 Å². The molecule has 7 heteroatoms. The molecule has 1 fully saturated rings. The van der Waals surface area contributed by atoms with Crippen molar-refractivity contribution in [1.82, 2.24) is 14.8 Å². The number of thioether (sulfide) groups is 1. The number of nitrogens with zero attached hydrogens (tertiary/aromatic N) is 4. The SMILES string of the molecule is CCn1c(SCC(=O)Nc2ccc(N3CCCC3)cc2)nnc1-c1ccccc1C. The van der Waals surface area contributed by atoms with E-state index in [2.05, 4.69) is 63.1 Å². The molecule has 1 aliphatic heterocycles. The lowest BCUT2D eigenvalue weighted by molar-refractivity contribution is -0.113. The number of anilines is 2. The smallest absolute Gasteiger partial charge is 0.234 e. The lowest BCUT2D eigenvalue weighted by atomic mass is 10.1. The number of rotatable bonds is 7. The molecule has 0 radical (unpaired) electrons. The molecule has 3 aromatic rings. The molecule has 0 atom stereocenters. The fraction of sp³-hybridized carbons (Fsp3) is 0.348. The molecule has 1 aromatic heterocycles. The number of hydrogen-bond acceptors (Lipinski definition) is 5. The predicted octanol–water partition coefficient (Wildman–Crippen LogP) is 4.60. The van der Waals surface area contributed by atoms with E-state index in [1.54, 1.807) is 0 Å². The van der Waals surface area contributed by atoms with Gasteiger partial charge in [-0.3, -0.25) is 4.79 Å². The van der Waals surface area contributed by atoms with Crippen LogP contribution in [0, 0.1) is 6.92 Å². The minimum atomic E-state index is -0.0444. The summed E-state index contributed by atoms with van der Waals surface area (Å²) in [4.78, 5) is 14.8. The number of aryl methyl sites for hydroxylation is 1. The van der Waals surface area contributed by atoms with Gasteiger partial charge in [0.25, 0.3) is 0 Å². The molecule has 0 spiro atoms. The highest BCUT2D eigenvalue weighted by molar-refractivity contribution is 7.99. The Kier molecular flexibility index (Phi) is 6.38. The summed E-state index contributed by atoms with van der Waals surface area (Å²) in [5.74, 6) is 1.09. The van der Waals surface area contributed by atoms with Crippen LogP contribution < -0.4 is 10.2 Å². The van der Waals surface area contributed by atoms with E-state index in [4.69, 9.17) is 0 Å². The van der Waals surface area contributed by atoms with Crippen molar-refractivity contribution in [2.24, 2.45) is 0 Å².